The smallest absolute Gasteiger partial charge is 0.227 e. The number of hydrogen-bond donors (Lipinski definition) is 2. The third kappa shape index (κ3) is 3.97. The van der Waals surface area contributed by atoms with Crippen LogP contribution in [-0.2, 0) is 14.6 Å². The van der Waals surface area contributed by atoms with E-state index in [1.54, 1.807) is 0 Å². The summed E-state index contributed by atoms with van der Waals surface area (Å²) in [7, 11) is -2.92. The number of rotatable bonds is 4. The Kier molecular flexibility index (Phi) is 3.89. The lowest BCUT2D eigenvalue weighted by Gasteiger charge is -2.24. The number of hydrogen-bond acceptors (Lipinski definition) is 4. The summed E-state index contributed by atoms with van der Waals surface area (Å²) in [6.07, 6.45) is 3.52. The van der Waals surface area contributed by atoms with E-state index in [0.29, 0.717) is 12.2 Å². The van der Waals surface area contributed by atoms with Crippen LogP contribution in [0.25, 0.3) is 0 Å². The van der Waals surface area contributed by atoms with Crippen LogP contribution in [0.15, 0.2) is 24.3 Å². The van der Waals surface area contributed by atoms with E-state index in [-0.39, 0.29) is 23.6 Å². The zero-order valence-corrected chi connectivity index (χ0v) is 12.7. The average Bonchev–Trinajstić information content (AvgIpc) is 3.22. The molecule has 1 unspecified atom stereocenters. The van der Waals surface area contributed by atoms with Crippen molar-refractivity contribution in [1.29, 1.82) is 0 Å². The summed E-state index contributed by atoms with van der Waals surface area (Å²) in [5.74, 6) is 0.728. The number of carbonyl (C=O) groups excluding carboxylic acids is 1. The molecule has 1 aliphatic carbocycles. The number of carbonyl (C=O) groups is 1. The normalized spacial score (nSPS) is 24.3. The minimum absolute atomic E-state index is 0.0434. The van der Waals surface area contributed by atoms with Gasteiger partial charge in [-0.05, 0) is 43.9 Å². The van der Waals surface area contributed by atoms with Gasteiger partial charge in [0.1, 0.15) is 0 Å². The molecule has 2 fully saturated rings. The van der Waals surface area contributed by atoms with Crippen molar-refractivity contribution in [2.24, 2.45) is 5.92 Å². The Morgan fingerprint density at radius 1 is 1.14 bits per heavy atom. The molecule has 1 heterocycles. The molecule has 2 N–H and O–H groups in total. The van der Waals surface area contributed by atoms with Gasteiger partial charge in [0, 0.05) is 23.3 Å². The van der Waals surface area contributed by atoms with Gasteiger partial charge in [0.05, 0.1) is 11.5 Å². The van der Waals surface area contributed by atoms with Crippen molar-refractivity contribution in [3.63, 3.8) is 0 Å². The molecule has 6 heteroatoms. The molecule has 0 aromatic heterocycles. The Balaban J connectivity index is 1.64. The molecule has 0 radical (unpaired) electrons. The van der Waals surface area contributed by atoms with E-state index in [4.69, 9.17) is 0 Å². The lowest BCUT2D eigenvalue weighted by atomic mass is 10.1. The van der Waals surface area contributed by atoms with Crippen molar-refractivity contribution in [3.8, 4) is 0 Å². The zero-order valence-electron chi connectivity index (χ0n) is 11.8. The van der Waals surface area contributed by atoms with Crippen molar-refractivity contribution in [2.45, 2.75) is 31.7 Å². The number of sulfone groups is 1. The highest BCUT2D eigenvalue weighted by molar-refractivity contribution is 7.91. The second-order valence-corrected chi connectivity index (χ2v) is 8.17. The molecule has 1 aliphatic heterocycles. The van der Waals surface area contributed by atoms with Gasteiger partial charge in [-0.15, -0.1) is 0 Å². The molecule has 0 bridgehead atoms. The maximum absolute atomic E-state index is 11.8. The van der Waals surface area contributed by atoms with Gasteiger partial charge in [0.2, 0.25) is 5.91 Å². The molecule has 2 aliphatic rings. The lowest BCUT2D eigenvalue weighted by molar-refractivity contribution is -0.117. The van der Waals surface area contributed by atoms with Gasteiger partial charge in [-0.1, -0.05) is 6.07 Å². The van der Waals surface area contributed by atoms with Crippen LogP contribution in [0.3, 0.4) is 0 Å². The van der Waals surface area contributed by atoms with Gasteiger partial charge in [-0.3, -0.25) is 4.79 Å². The van der Waals surface area contributed by atoms with E-state index in [1.165, 1.54) is 0 Å². The Morgan fingerprint density at radius 2 is 1.90 bits per heavy atom. The molecule has 3 rings (SSSR count). The predicted molar refractivity (Wildman–Crippen MR) is 83.1 cm³/mol. The van der Waals surface area contributed by atoms with Gasteiger partial charge >= 0.3 is 0 Å². The number of benzene rings is 1. The van der Waals surface area contributed by atoms with Crippen molar-refractivity contribution >= 4 is 27.1 Å². The highest BCUT2D eigenvalue weighted by Crippen LogP contribution is 2.30. The molecular weight excluding hydrogens is 288 g/mol. The number of anilines is 2. The van der Waals surface area contributed by atoms with E-state index in [1.807, 2.05) is 24.3 Å². The first-order valence-corrected chi connectivity index (χ1v) is 9.22. The summed E-state index contributed by atoms with van der Waals surface area (Å²) >= 11 is 0. The minimum atomic E-state index is -2.92. The van der Waals surface area contributed by atoms with Gasteiger partial charge in [-0.2, -0.15) is 0 Å². The molecular formula is C15H20N2O3S. The molecule has 1 aromatic carbocycles. The van der Waals surface area contributed by atoms with Crippen LogP contribution in [0.2, 0.25) is 0 Å². The van der Waals surface area contributed by atoms with Crippen LogP contribution in [0.1, 0.15) is 25.7 Å². The quantitative estimate of drug-likeness (QED) is 0.892. The highest BCUT2D eigenvalue weighted by atomic mass is 32.2. The fraction of sp³-hybridized carbons (Fsp3) is 0.533. The van der Waals surface area contributed by atoms with Crippen LogP contribution in [0.5, 0.6) is 0 Å². The molecule has 1 aromatic rings. The topological polar surface area (TPSA) is 75.3 Å². The van der Waals surface area contributed by atoms with Crippen molar-refractivity contribution in [1.82, 2.24) is 0 Å². The summed E-state index contributed by atoms with van der Waals surface area (Å²) in [4.78, 5) is 11.8. The molecule has 1 saturated carbocycles. The largest absolute Gasteiger partial charge is 0.381 e. The molecule has 5 nitrogen and oxygen atoms in total. The fourth-order valence-corrected chi connectivity index (χ4v) is 4.29. The maximum Gasteiger partial charge on any atom is 0.227 e. The third-order valence-corrected chi connectivity index (χ3v) is 5.73. The molecule has 21 heavy (non-hydrogen) atoms. The van der Waals surface area contributed by atoms with Gasteiger partial charge in [-0.25, -0.2) is 8.42 Å². The Bertz CT molecular complexity index is 638. The first kappa shape index (κ1) is 14.4. The van der Waals surface area contributed by atoms with Crippen molar-refractivity contribution < 1.29 is 13.2 Å². The number of amides is 1. The van der Waals surface area contributed by atoms with E-state index < -0.39 is 9.84 Å². The zero-order chi connectivity index (χ0) is 14.9. The third-order valence-electron chi connectivity index (χ3n) is 3.91. The second kappa shape index (κ2) is 5.67. The lowest BCUT2D eigenvalue weighted by Crippen LogP contribution is -2.34. The van der Waals surface area contributed by atoms with Crippen molar-refractivity contribution in [2.75, 3.05) is 22.1 Å². The van der Waals surface area contributed by atoms with Crippen LogP contribution in [0, 0.1) is 5.92 Å². The van der Waals surface area contributed by atoms with Gasteiger partial charge in [0.25, 0.3) is 0 Å². The highest BCUT2D eigenvalue weighted by Gasteiger charge is 2.29. The SMILES string of the molecule is O=C(Nc1cccc(NC2CCCS(=O)(=O)C2)c1)C1CC1. The van der Waals surface area contributed by atoms with E-state index in [2.05, 4.69) is 10.6 Å². The molecule has 114 valence electrons. The fourth-order valence-electron chi connectivity index (χ4n) is 2.65. The summed E-state index contributed by atoms with van der Waals surface area (Å²) in [6, 6.07) is 7.43. The summed E-state index contributed by atoms with van der Waals surface area (Å²) in [6.45, 7) is 0. The maximum atomic E-state index is 11.8. The van der Waals surface area contributed by atoms with Crippen LogP contribution >= 0.6 is 0 Å². The molecule has 0 spiro atoms. The monoisotopic (exact) mass is 308 g/mol. The van der Waals surface area contributed by atoms with E-state index in [9.17, 15) is 13.2 Å². The van der Waals surface area contributed by atoms with Gasteiger partial charge in [0.15, 0.2) is 9.84 Å². The van der Waals surface area contributed by atoms with E-state index in [0.717, 1.165) is 30.6 Å². The molecule has 1 amide bonds. The van der Waals surface area contributed by atoms with Crippen LogP contribution in [0.4, 0.5) is 11.4 Å². The van der Waals surface area contributed by atoms with Crippen molar-refractivity contribution in [3.05, 3.63) is 24.3 Å². The van der Waals surface area contributed by atoms with E-state index >= 15 is 0 Å². The minimum Gasteiger partial charge on any atom is -0.381 e. The van der Waals surface area contributed by atoms with Gasteiger partial charge < -0.3 is 10.6 Å². The Labute approximate surface area is 125 Å². The second-order valence-electron chi connectivity index (χ2n) is 5.94. The molecule has 1 saturated heterocycles. The summed E-state index contributed by atoms with van der Waals surface area (Å²) in [5, 5.41) is 6.17. The average molecular weight is 308 g/mol. The Morgan fingerprint density at radius 3 is 2.62 bits per heavy atom. The summed E-state index contributed by atoms with van der Waals surface area (Å²) in [5.41, 5.74) is 1.61. The first-order chi connectivity index (χ1) is 10.0. The predicted octanol–water partition coefficient (Wildman–Crippen LogP) is 2.02. The standard InChI is InChI=1S/C15H20N2O3S/c18-15(11-6-7-11)17-13-4-1-3-12(9-13)16-14-5-2-8-21(19,20)10-14/h1,3-4,9,11,14,16H,2,5-8,10H2,(H,17,18). The number of nitrogens with one attached hydrogen (secondary N) is 2. The van der Waals surface area contributed by atoms with Crippen LogP contribution in [-0.4, -0.2) is 31.9 Å². The first-order valence-electron chi connectivity index (χ1n) is 7.40. The molecule has 1 atom stereocenters. The summed E-state index contributed by atoms with van der Waals surface area (Å²) < 4.78 is 23.3. The Hall–Kier alpha value is -1.56. The van der Waals surface area contributed by atoms with Crippen LogP contribution < -0.4 is 10.6 Å².